The quantitative estimate of drug-likeness (QED) is 0.751. The van der Waals surface area contributed by atoms with Crippen LogP contribution < -0.4 is 0 Å². The van der Waals surface area contributed by atoms with Crippen LogP contribution in [0.4, 0.5) is 0 Å². The topological polar surface area (TPSA) is 23.6 Å². The Morgan fingerprint density at radius 1 is 1.19 bits per heavy atom. The van der Waals surface area contributed by atoms with Crippen molar-refractivity contribution in [3.05, 3.63) is 0 Å². The molecule has 3 nitrogen and oxygen atoms in total. The van der Waals surface area contributed by atoms with E-state index < -0.39 is 11.0 Å². The van der Waals surface area contributed by atoms with Gasteiger partial charge in [0.25, 0.3) is 0 Å². The Morgan fingerprint density at radius 2 is 1.69 bits per heavy atom. The molecule has 1 aliphatic heterocycles. The molecule has 0 aromatic rings. The maximum Gasteiger partial charge on any atom is 0.0943 e. The predicted octanol–water partition coefficient (Wildman–Crippen LogP) is 2.36. The molecule has 0 bridgehead atoms. The van der Waals surface area contributed by atoms with Crippen molar-refractivity contribution >= 4 is 11.0 Å². The number of piperazine rings is 1. The van der Waals surface area contributed by atoms with Crippen molar-refractivity contribution in [1.29, 1.82) is 0 Å². The molecule has 0 amide bonds. The van der Waals surface area contributed by atoms with Crippen molar-refractivity contribution in [2.24, 2.45) is 0 Å². The summed E-state index contributed by atoms with van der Waals surface area (Å²) in [6.07, 6.45) is 0. The second kappa shape index (κ2) is 11.6. The van der Waals surface area contributed by atoms with Crippen molar-refractivity contribution in [3.8, 4) is 0 Å². The molecule has 1 aliphatic rings. The van der Waals surface area contributed by atoms with E-state index in [0.717, 1.165) is 25.4 Å². The highest BCUT2D eigenvalue weighted by Crippen LogP contribution is 2.10. The van der Waals surface area contributed by atoms with Crippen LogP contribution in [-0.2, 0) is 11.0 Å². The van der Waals surface area contributed by atoms with E-state index in [-0.39, 0.29) is 0 Å². The summed E-state index contributed by atoms with van der Waals surface area (Å²) < 4.78 is 13.6. The van der Waals surface area contributed by atoms with Crippen LogP contribution in [0, 0.1) is 0 Å². The van der Waals surface area contributed by atoms with Crippen LogP contribution in [-0.4, -0.2) is 51.9 Å². The van der Waals surface area contributed by atoms with Gasteiger partial charge in [-0.2, -0.15) is 0 Å². The van der Waals surface area contributed by atoms with Crippen LogP contribution in [0.15, 0.2) is 0 Å². The fourth-order valence-corrected chi connectivity index (χ4v) is 2.68. The van der Waals surface area contributed by atoms with Gasteiger partial charge in [-0.25, -0.2) is 8.51 Å². The summed E-state index contributed by atoms with van der Waals surface area (Å²) in [5.74, 6) is 0.744. The average Bonchev–Trinajstić information content (AvgIpc) is 2.33. The van der Waals surface area contributed by atoms with Gasteiger partial charge in [-0.05, 0) is 14.0 Å². The summed E-state index contributed by atoms with van der Waals surface area (Å²) in [6, 6.07) is 0.435. The van der Waals surface area contributed by atoms with E-state index in [1.165, 1.54) is 0 Å². The van der Waals surface area contributed by atoms with Gasteiger partial charge in [0.1, 0.15) is 0 Å². The van der Waals surface area contributed by atoms with Gasteiger partial charge in [0.05, 0.1) is 11.0 Å². The number of hydrogen-bond donors (Lipinski definition) is 0. The van der Waals surface area contributed by atoms with Gasteiger partial charge in [0.15, 0.2) is 0 Å². The first-order chi connectivity index (χ1) is 7.65. The first-order valence-electron chi connectivity index (χ1n) is 6.48. The largest absolute Gasteiger partial charge is 0.303 e. The molecule has 1 rings (SSSR count). The lowest BCUT2D eigenvalue weighted by Gasteiger charge is -2.36. The molecule has 0 saturated carbocycles. The molecule has 16 heavy (non-hydrogen) atoms. The highest BCUT2D eigenvalue weighted by atomic mass is 32.2. The third-order valence-corrected chi connectivity index (χ3v) is 3.84. The molecule has 0 spiro atoms. The highest BCUT2D eigenvalue weighted by molar-refractivity contribution is 7.82. The molecule has 0 aromatic heterocycles. The van der Waals surface area contributed by atoms with Gasteiger partial charge in [-0.1, -0.05) is 34.6 Å². The van der Waals surface area contributed by atoms with E-state index in [2.05, 4.69) is 23.2 Å². The zero-order chi connectivity index (χ0) is 13.1. The maximum absolute atomic E-state index is 11.5. The minimum atomic E-state index is -0.752. The van der Waals surface area contributed by atoms with Crippen molar-refractivity contribution < 1.29 is 4.21 Å². The van der Waals surface area contributed by atoms with Gasteiger partial charge in [0.2, 0.25) is 0 Å². The fourth-order valence-electron chi connectivity index (χ4n) is 1.59. The number of rotatable bonds is 2. The minimum absolute atomic E-state index is 0.435. The van der Waals surface area contributed by atoms with Crippen LogP contribution >= 0.6 is 0 Å². The summed E-state index contributed by atoms with van der Waals surface area (Å²) >= 11 is 0. The summed E-state index contributed by atoms with van der Waals surface area (Å²) in [5, 5.41) is 0. The van der Waals surface area contributed by atoms with Crippen molar-refractivity contribution in [1.82, 2.24) is 9.21 Å². The maximum atomic E-state index is 11.5. The second-order valence-corrected chi connectivity index (χ2v) is 5.05. The lowest BCUT2D eigenvalue weighted by atomic mass is 10.2. The number of nitrogens with zero attached hydrogens (tertiary/aromatic N) is 2. The second-order valence-electron chi connectivity index (χ2n) is 3.36. The summed E-state index contributed by atoms with van der Waals surface area (Å²) in [6.45, 7) is 15.1. The Kier molecular flexibility index (Phi) is 13.3. The molecule has 0 aromatic carbocycles. The Balaban J connectivity index is 0. The summed E-state index contributed by atoms with van der Waals surface area (Å²) in [5.41, 5.74) is 0. The van der Waals surface area contributed by atoms with Gasteiger partial charge in [-0.15, -0.1) is 0 Å². The Labute approximate surface area is 105 Å². The molecule has 4 heteroatoms. The van der Waals surface area contributed by atoms with Gasteiger partial charge >= 0.3 is 0 Å². The number of hydrogen-bond acceptors (Lipinski definition) is 2. The smallest absolute Gasteiger partial charge is 0.0943 e. The van der Waals surface area contributed by atoms with Crippen LogP contribution in [0.25, 0.3) is 0 Å². The zero-order valence-electron chi connectivity index (χ0n) is 12.1. The molecular formula is C12H30N2OS. The lowest BCUT2D eigenvalue weighted by Crippen LogP contribution is -2.51. The highest BCUT2D eigenvalue weighted by Gasteiger charge is 2.24. The van der Waals surface area contributed by atoms with Gasteiger partial charge in [0, 0.05) is 31.4 Å². The van der Waals surface area contributed by atoms with E-state index in [9.17, 15) is 4.21 Å². The SMILES string of the molecule is CC.CC.CCS(=O)N1CCN(C)CC1C. The van der Waals surface area contributed by atoms with E-state index in [0.29, 0.717) is 6.04 Å². The number of likely N-dealkylation sites (N-methyl/N-ethyl adjacent to an activating group) is 1. The molecule has 1 fully saturated rings. The van der Waals surface area contributed by atoms with Crippen molar-refractivity contribution in [3.63, 3.8) is 0 Å². The lowest BCUT2D eigenvalue weighted by molar-refractivity contribution is 0.176. The molecule has 2 atom stereocenters. The molecule has 1 saturated heterocycles. The van der Waals surface area contributed by atoms with E-state index in [4.69, 9.17) is 0 Å². The van der Waals surface area contributed by atoms with Gasteiger partial charge < -0.3 is 4.90 Å². The van der Waals surface area contributed by atoms with Crippen molar-refractivity contribution in [2.75, 3.05) is 32.4 Å². The molecule has 0 radical (unpaired) electrons. The van der Waals surface area contributed by atoms with E-state index in [1.807, 2.05) is 34.6 Å². The van der Waals surface area contributed by atoms with E-state index in [1.54, 1.807) is 0 Å². The average molecular weight is 250 g/mol. The summed E-state index contributed by atoms with van der Waals surface area (Å²) in [4.78, 5) is 2.29. The molecule has 0 aliphatic carbocycles. The Bertz CT molecular complexity index is 176. The molecule has 0 N–H and O–H groups in total. The van der Waals surface area contributed by atoms with Crippen LogP contribution in [0.2, 0.25) is 0 Å². The standard InChI is InChI=1S/C8H18N2OS.2C2H6/c1-4-12(11)10-6-5-9(3)7-8(10)2;2*1-2/h8H,4-7H2,1-3H3;2*1-2H3. The van der Waals surface area contributed by atoms with Gasteiger partial charge in [-0.3, -0.25) is 0 Å². The van der Waals surface area contributed by atoms with E-state index >= 15 is 0 Å². The Hall–Kier alpha value is 0.0700. The first kappa shape index (κ1) is 18.4. The molecule has 2 unspecified atom stereocenters. The van der Waals surface area contributed by atoms with Crippen LogP contribution in [0.5, 0.6) is 0 Å². The summed E-state index contributed by atoms with van der Waals surface area (Å²) in [7, 11) is 1.36. The first-order valence-corrected chi connectivity index (χ1v) is 7.76. The molecule has 1 heterocycles. The minimum Gasteiger partial charge on any atom is -0.303 e. The normalized spacial score (nSPS) is 23.6. The third kappa shape index (κ3) is 6.61. The third-order valence-electron chi connectivity index (χ3n) is 2.28. The predicted molar refractivity (Wildman–Crippen MR) is 75.0 cm³/mol. The Morgan fingerprint density at radius 3 is 2.06 bits per heavy atom. The fraction of sp³-hybridized carbons (Fsp3) is 1.00. The van der Waals surface area contributed by atoms with Crippen LogP contribution in [0.1, 0.15) is 41.5 Å². The molecular weight excluding hydrogens is 220 g/mol. The van der Waals surface area contributed by atoms with Crippen LogP contribution in [0.3, 0.4) is 0 Å². The zero-order valence-corrected chi connectivity index (χ0v) is 12.9. The molecule has 100 valence electrons. The monoisotopic (exact) mass is 250 g/mol. The van der Waals surface area contributed by atoms with Crippen molar-refractivity contribution in [2.45, 2.75) is 47.6 Å².